The quantitative estimate of drug-likeness (QED) is 0.474. The summed E-state index contributed by atoms with van der Waals surface area (Å²) < 4.78 is 1.94. The van der Waals surface area contributed by atoms with E-state index < -0.39 is 6.17 Å². The number of carbonyl (C=O) groups excluding carboxylic acids is 1. The highest BCUT2D eigenvalue weighted by Crippen LogP contribution is 2.29. The molecule has 1 N–H and O–H groups in total. The first-order chi connectivity index (χ1) is 15.6. The summed E-state index contributed by atoms with van der Waals surface area (Å²) in [5.74, 6) is 0.958. The van der Waals surface area contributed by atoms with E-state index in [1.54, 1.807) is 24.3 Å². The minimum Gasteiger partial charge on any atom is -0.324 e. The molecule has 1 aromatic heterocycles. The number of amides is 1. The number of allylic oxidation sites excluding steroid dienone is 5. The Labute approximate surface area is 187 Å². The maximum absolute atomic E-state index is 12.7. The molecule has 1 aliphatic heterocycles. The van der Waals surface area contributed by atoms with Crippen molar-refractivity contribution >= 4 is 11.6 Å². The van der Waals surface area contributed by atoms with Crippen LogP contribution in [0, 0.1) is 6.92 Å². The van der Waals surface area contributed by atoms with E-state index in [1.165, 1.54) is 6.08 Å². The zero-order valence-electron chi connectivity index (χ0n) is 17.8. The van der Waals surface area contributed by atoms with Crippen LogP contribution in [0.3, 0.4) is 0 Å². The minimum atomic E-state index is -0.715. The molecule has 32 heavy (non-hydrogen) atoms. The van der Waals surface area contributed by atoms with Gasteiger partial charge in [-0.25, -0.2) is 0 Å². The highest BCUT2D eigenvalue weighted by Gasteiger charge is 2.28. The van der Waals surface area contributed by atoms with E-state index in [1.807, 2.05) is 66.1 Å². The summed E-state index contributed by atoms with van der Waals surface area (Å²) >= 11 is 0. The van der Waals surface area contributed by atoms with Gasteiger partial charge >= 0.3 is 0 Å². The second kappa shape index (κ2) is 9.22. The number of carbonyl (C=O) groups is 1. The van der Waals surface area contributed by atoms with Crippen molar-refractivity contribution in [3.63, 3.8) is 0 Å². The molecule has 0 aliphatic carbocycles. The number of hydrogen-bond donors (Lipinski definition) is 1. The molecule has 4 rings (SSSR count). The fourth-order valence-electron chi connectivity index (χ4n) is 3.51. The number of benzene rings is 2. The van der Waals surface area contributed by atoms with Gasteiger partial charge in [-0.05, 0) is 18.6 Å². The lowest BCUT2D eigenvalue weighted by molar-refractivity contribution is -0.117. The van der Waals surface area contributed by atoms with E-state index in [4.69, 9.17) is 4.99 Å². The Morgan fingerprint density at radius 2 is 1.78 bits per heavy atom. The Balaban J connectivity index is 1.77. The van der Waals surface area contributed by atoms with Gasteiger partial charge in [0.25, 0.3) is 0 Å². The van der Waals surface area contributed by atoms with Crippen molar-refractivity contribution in [2.24, 2.45) is 4.99 Å². The molecule has 1 unspecified atom stereocenters. The van der Waals surface area contributed by atoms with Gasteiger partial charge in [-0.15, -0.1) is 10.2 Å². The van der Waals surface area contributed by atoms with Crippen LogP contribution in [0.5, 0.6) is 0 Å². The third kappa shape index (κ3) is 4.25. The number of nitrogens with zero attached hydrogens (tertiary/aromatic N) is 4. The van der Waals surface area contributed by atoms with E-state index in [0.29, 0.717) is 11.4 Å². The normalized spacial score (nSPS) is 15.0. The van der Waals surface area contributed by atoms with Crippen LogP contribution in [-0.2, 0) is 4.79 Å². The third-order valence-electron chi connectivity index (χ3n) is 4.97. The average molecular weight is 422 g/mol. The second-order valence-corrected chi connectivity index (χ2v) is 7.22. The zero-order valence-corrected chi connectivity index (χ0v) is 17.8. The Kier molecular flexibility index (Phi) is 6.03. The first-order valence-corrected chi connectivity index (χ1v) is 10.2. The summed E-state index contributed by atoms with van der Waals surface area (Å²) in [6.45, 7) is 9.40. The molecule has 1 amide bonds. The monoisotopic (exact) mass is 421 g/mol. The van der Waals surface area contributed by atoms with Crippen LogP contribution in [0.1, 0.15) is 28.9 Å². The van der Waals surface area contributed by atoms with Crippen molar-refractivity contribution in [3.8, 4) is 5.69 Å². The molecular formula is C26H23N5O. The topological polar surface area (TPSA) is 72.2 Å². The van der Waals surface area contributed by atoms with Crippen molar-refractivity contribution in [2.45, 2.75) is 13.1 Å². The molecule has 2 heterocycles. The molecule has 0 spiro atoms. The van der Waals surface area contributed by atoms with Crippen molar-refractivity contribution in [2.75, 3.05) is 0 Å². The number of nitrogens with one attached hydrogen (secondary N) is 1. The molecule has 6 heteroatoms. The minimum absolute atomic E-state index is 0.308. The van der Waals surface area contributed by atoms with Gasteiger partial charge in [0.2, 0.25) is 5.91 Å². The number of aromatic nitrogens is 3. The molecule has 0 fully saturated rings. The van der Waals surface area contributed by atoms with Crippen LogP contribution < -0.4 is 5.32 Å². The number of aryl methyl sites for hydroxylation is 1. The highest BCUT2D eigenvalue weighted by atomic mass is 16.1. The zero-order chi connectivity index (χ0) is 22.5. The maximum Gasteiger partial charge on any atom is 0.245 e. The predicted octanol–water partition coefficient (Wildman–Crippen LogP) is 4.40. The van der Waals surface area contributed by atoms with Gasteiger partial charge in [0.15, 0.2) is 12.0 Å². The number of para-hydroxylation sites is 1. The molecule has 0 bridgehead atoms. The molecular weight excluding hydrogens is 398 g/mol. The van der Waals surface area contributed by atoms with Crippen LogP contribution >= 0.6 is 0 Å². The average Bonchev–Trinajstić information content (AvgIpc) is 3.14. The van der Waals surface area contributed by atoms with Gasteiger partial charge in [0.05, 0.1) is 11.4 Å². The Morgan fingerprint density at radius 3 is 2.56 bits per heavy atom. The maximum atomic E-state index is 12.7. The van der Waals surface area contributed by atoms with Gasteiger partial charge in [-0.2, -0.15) is 0 Å². The Morgan fingerprint density at radius 1 is 1.03 bits per heavy atom. The molecule has 1 atom stereocenters. The van der Waals surface area contributed by atoms with E-state index in [2.05, 4.69) is 28.7 Å². The molecule has 0 saturated heterocycles. The van der Waals surface area contributed by atoms with E-state index in [0.717, 1.165) is 28.4 Å². The van der Waals surface area contributed by atoms with Crippen LogP contribution in [-0.4, -0.2) is 26.4 Å². The number of fused-ring (bicyclic) bond motifs is 3. The van der Waals surface area contributed by atoms with Crippen molar-refractivity contribution in [1.82, 2.24) is 20.1 Å². The highest BCUT2D eigenvalue weighted by molar-refractivity contribution is 6.15. The third-order valence-corrected chi connectivity index (χ3v) is 4.97. The van der Waals surface area contributed by atoms with E-state index in [9.17, 15) is 4.79 Å². The van der Waals surface area contributed by atoms with Gasteiger partial charge in [0.1, 0.15) is 5.82 Å². The van der Waals surface area contributed by atoms with Gasteiger partial charge < -0.3 is 5.32 Å². The molecule has 158 valence electrons. The van der Waals surface area contributed by atoms with Gasteiger partial charge in [-0.3, -0.25) is 14.4 Å². The summed E-state index contributed by atoms with van der Waals surface area (Å²) in [7, 11) is 0. The fourth-order valence-corrected chi connectivity index (χ4v) is 3.51. The Bertz CT molecular complexity index is 1260. The molecule has 2 aromatic carbocycles. The van der Waals surface area contributed by atoms with Crippen molar-refractivity contribution < 1.29 is 4.79 Å². The van der Waals surface area contributed by atoms with Crippen LogP contribution in [0.2, 0.25) is 0 Å². The number of hydrogen-bond acceptors (Lipinski definition) is 4. The SMILES string of the molecule is C=C/C=C\C(=C)/C=C\C(=O)NC1N=C(c2ccccc2)c2ccccc2-n2c(C)nnc21. The first kappa shape index (κ1) is 20.9. The summed E-state index contributed by atoms with van der Waals surface area (Å²) in [6.07, 6.45) is 7.53. The predicted molar refractivity (Wildman–Crippen MR) is 127 cm³/mol. The largest absolute Gasteiger partial charge is 0.324 e. The van der Waals surface area contributed by atoms with Gasteiger partial charge in [0, 0.05) is 17.2 Å². The lowest BCUT2D eigenvalue weighted by Crippen LogP contribution is -2.28. The van der Waals surface area contributed by atoms with Crippen LogP contribution in [0.15, 0.2) is 109 Å². The molecule has 6 nitrogen and oxygen atoms in total. The van der Waals surface area contributed by atoms with E-state index in [-0.39, 0.29) is 5.91 Å². The Hall–Kier alpha value is -4.32. The molecule has 3 aromatic rings. The molecule has 1 aliphatic rings. The number of aliphatic imine (C=N–C) groups is 1. The molecule has 0 saturated carbocycles. The van der Waals surface area contributed by atoms with Crippen molar-refractivity contribution in [1.29, 1.82) is 0 Å². The lowest BCUT2D eigenvalue weighted by atomic mass is 10.0. The summed E-state index contributed by atoms with van der Waals surface area (Å²) in [5, 5.41) is 11.5. The van der Waals surface area contributed by atoms with Crippen LogP contribution in [0.25, 0.3) is 5.69 Å². The summed E-state index contributed by atoms with van der Waals surface area (Å²) in [5.41, 5.74) is 4.27. The fraction of sp³-hybridized carbons (Fsp3) is 0.0769. The summed E-state index contributed by atoms with van der Waals surface area (Å²) in [6, 6.07) is 17.9. The standard InChI is InChI=1S/C26H23N5O/c1-4-5-11-18(2)16-17-23(32)27-25-26-30-29-19(3)31(26)22-15-10-9-14-21(22)24(28-25)20-12-7-6-8-13-20/h4-17,25H,1-2H2,3H3,(H,27,32)/b11-5-,17-16-. The smallest absolute Gasteiger partial charge is 0.245 e. The summed E-state index contributed by atoms with van der Waals surface area (Å²) in [4.78, 5) is 17.7. The van der Waals surface area contributed by atoms with Crippen LogP contribution in [0.4, 0.5) is 0 Å². The van der Waals surface area contributed by atoms with E-state index >= 15 is 0 Å². The molecule has 0 radical (unpaired) electrons. The first-order valence-electron chi connectivity index (χ1n) is 10.2. The second-order valence-electron chi connectivity index (χ2n) is 7.22. The van der Waals surface area contributed by atoms with Crippen molar-refractivity contribution in [3.05, 3.63) is 126 Å². The van der Waals surface area contributed by atoms with Gasteiger partial charge in [-0.1, -0.05) is 86.0 Å². The lowest BCUT2D eigenvalue weighted by Gasteiger charge is -2.13. The number of rotatable bonds is 6.